The van der Waals surface area contributed by atoms with E-state index in [2.05, 4.69) is 45.2 Å². The van der Waals surface area contributed by atoms with E-state index in [0.717, 1.165) is 0 Å². The fraction of sp³-hybridized carbons (Fsp3) is 0.452. The number of hydrogen-bond acceptors (Lipinski definition) is 0. The first-order valence-electron chi connectivity index (χ1n) is 38.6. The molecule has 0 aromatic heterocycles. The molecule has 0 fully saturated rings. The second-order valence-electron chi connectivity index (χ2n) is 29.2. The van der Waals surface area contributed by atoms with Gasteiger partial charge in [-0.3, -0.25) is 0 Å². The minimum Gasteiger partial charge on any atom is -0.305 e. The van der Waals surface area contributed by atoms with Crippen molar-refractivity contribution in [3.8, 4) is 0 Å². The summed E-state index contributed by atoms with van der Waals surface area (Å²) in [5, 5.41) is -27.0. The normalized spacial score (nSPS) is 12.3. The lowest BCUT2D eigenvalue weighted by Crippen LogP contribution is -3.03. The molecular weight excluding hydrogens is 1570 g/mol. The zero-order valence-corrected chi connectivity index (χ0v) is 62.7. The summed E-state index contributed by atoms with van der Waals surface area (Å²) >= 11 is 0. The molecule has 0 aliphatic heterocycles. The Labute approximate surface area is 640 Å². The van der Waals surface area contributed by atoms with Gasteiger partial charge in [-0.05, 0) is 64.9 Å². The summed E-state index contributed by atoms with van der Waals surface area (Å²) in [4.78, 5) is 1.59. The van der Waals surface area contributed by atoms with Crippen LogP contribution in [0.4, 0.5) is 129 Å². The summed E-state index contributed by atoms with van der Waals surface area (Å²) in [7, 11) is 2.36. The zero-order valence-electron chi connectivity index (χ0n) is 62.7. The molecule has 114 heavy (non-hydrogen) atoms. The molecule has 1 atom stereocenters. The Morgan fingerprint density at radius 3 is 0.561 bits per heavy atom. The average molecular weight is 1650 g/mol. The molecule has 9 rings (SSSR count). The Morgan fingerprint density at radius 1 is 0.193 bits per heavy atom. The molecular formula is C84H84BF28N. The Bertz CT molecular complexity index is 4390. The predicted molar refractivity (Wildman–Crippen MR) is 384 cm³/mol. The van der Waals surface area contributed by atoms with Gasteiger partial charge < -0.3 is 4.90 Å². The van der Waals surface area contributed by atoms with E-state index < -0.39 is 234 Å². The summed E-state index contributed by atoms with van der Waals surface area (Å²) in [5.74, 6) is -104. The van der Waals surface area contributed by atoms with Crippen molar-refractivity contribution >= 4 is 76.8 Å². The lowest BCUT2D eigenvalue weighted by atomic mass is 9.11. The fourth-order valence-electron chi connectivity index (χ4n) is 15.7. The van der Waals surface area contributed by atoms with Crippen molar-refractivity contribution in [1.82, 2.24) is 0 Å². The lowest BCUT2D eigenvalue weighted by Gasteiger charge is -2.47. The molecule has 0 spiro atoms. The molecule has 0 saturated carbocycles. The average Bonchev–Trinajstić information content (AvgIpc) is 0.661. The Morgan fingerprint density at radius 2 is 0.360 bits per heavy atom. The highest BCUT2D eigenvalue weighted by molar-refractivity contribution is 7.23. The predicted octanol–water partition coefficient (Wildman–Crippen LogP) is 25.9. The third-order valence-electron chi connectivity index (χ3n) is 21.7. The van der Waals surface area contributed by atoms with E-state index in [1.54, 1.807) is 4.90 Å². The van der Waals surface area contributed by atoms with Crippen LogP contribution in [0.1, 0.15) is 231 Å². The second-order valence-corrected chi connectivity index (χ2v) is 29.2. The van der Waals surface area contributed by atoms with Gasteiger partial charge in [0.2, 0.25) is 0 Å². The molecule has 1 N–H and O–H groups in total. The molecule has 9 aromatic rings. The minimum absolute atomic E-state index is 1.26. The van der Waals surface area contributed by atoms with E-state index in [0.29, 0.717) is 0 Å². The first kappa shape index (κ1) is 91.6. The maximum absolute atomic E-state index is 17.3. The van der Waals surface area contributed by atoms with Gasteiger partial charge in [0.25, 0.3) is 0 Å². The number of unbranched alkanes of at least 4 members (excludes halogenated alkanes) is 31. The Balaban J connectivity index is 0.000000315. The van der Waals surface area contributed by atoms with Crippen molar-refractivity contribution in [3.05, 3.63) is 193 Å². The monoisotopic (exact) mass is 1650 g/mol. The van der Waals surface area contributed by atoms with Gasteiger partial charge in [0.05, 0.1) is 35.1 Å². The quantitative estimate of drug-likeness (QED) is 0.0128. The van der Waals surface area contributed by atoms with E-state index in [-0.39, 0.29) is 0 Å². The van der Waals surface area contributed by atoms with Crippen molar-refractivity contribution in [2.75, 3.05) is 13.6 Å². The zero-order chi connectivity index (χ0) is 83.9. The molecule has 0 radical (unpaired) electrons. The van der Waals surface area contributed by atoms with E-state index in [1.165, 1.54) is 236 Å². The number of benzene rings is 9. The van der Waals surface area contributed by atoms with Gasteiger partial charge in [0, 0.05) is 0 Å². The van der Waals surface area contributed by atoms with Gasteiger partial charge in [0.1, 0.15) is 35.1 Å². The standard InChI is InChI=1S/C44H83N.C40BF28/c1-4-6-8-10-12-14-16-18-20-22-23-25-27-29-31-33-35-37-43-38-40-44(41-39-43)45(3)42-36-34-32-30-28-26-24-21-19-17-15-13-11-9-7-5-2;42-13-1-5(21(50)37(66)33(13)62)17(46)29(58)25(54)9(1)41(10-2-6(18(47)30(59)26(10)55)22(51)38(67)34(63)14(2)43,11-3-7(19(48)31(60)27(11)56)23(52)39(68)35(64)15(3)44)12-4-8(20(49)32(61)28(12)57)24(53)40(69)36(65)16(4)45/h38-41H,4-37,42H2,1-3H3;/q;-1/p+1. The van der Waals surface area contributed by atoms with Crippen molar-refractivity contribution in [2.45, 2.75) is 232 Å². The lowest BCUT2D eigenvalue weighted by molar-refractivity contribution is -0.810. The van der Waals surface area contributed by atoms with Gasteiger partial charge in [-0.25, -0.2) is 123 Å². The first-order chi connectivity index (χ1) is 54.3. The van der Waals surface area contributed by atoms with Gasteiger partial charge in [0.15, 0.2) is 140 Å². The third kappa shape index (κ3) is 18.7. The molecule has 1 unspecified atom stereocenters. The number of halogens is 28. The smallest absolute Gasteiger partial charge is 0.198 e. The SMILES string of the molecule is CCCCCCCCCCCCCCCCCCCc1ccc([NH+](C)CCCCCCCCCCCCCCCCCC)cc1.Fc1c(F)c(F)c2c([B-](c3c(F)c(F)c(F)c4c(F)c(F)c(F)c(F)c34)(c3c(F)c(F)c(F)c4c(F)c(F)c(F)c(F)c34)c3c(F)c(F)c(F)c4c(F)c(F)c(F)c(F)c34)c(F)c(F)c(F)c2c1F. The summed E-state index contributed by atoms with van der Waals surface area (Å²) in [6, 6.07) is 9.59. The van der Waals surface area contributed by atoms with Gasteiger partial charge >= 0.3 is 0 Å². The minimum atomic E-state index is -8.05. The van der Waals surface area contributed by atoms with E-state index in [4.69, 9.17) is 0 Å². The van der Waals surface area contributed by atoms with Crippen LogP contribution < -0.4 is 26.8 Å². The van der Waals surface area contributed by atoms with Gasteiger partial charge in [-0.15, -0.1) is 21.9 Å². The number of fused-ring (bicyclic) bond motifs is 4. The van der Waals surface area contributed by atoms with E-state index in [1.807, 2.05) is 0 Å². The maximum Gasteiger partial charge on any atom is 0.198 e. The summed E-state index contributed by atoms with van der Waals surface area (Å²) in [5.41, 5.74) is -12.5. The molecule has 9 aromatic carbocycles. The molecule has 0 amide bonds. The summed E-state index contributed by atoms with van der Waals surface area (Å²) in [6.45, 7) is 5.89. The van der Waals surface area contributed by atoms with Crippen LogP contribution in [0.2, 0.25) is 0 Å². The Hall–Kier alpha value is -7.92. The van der Waals surface area contributed by atoms with Crippen LogP contribution in [0.3, 0.4) is 0 Å². The third-order valence-corrected chi connectivity index (χ3v) is 21.7. The van der Waals surface area contributed by atoms with E-state index in [9.17, 15) is 17.6 Å². The van der Waals surface area contributed by atoms with Crippen LogP contribution in [0.15, 0.2) is 24.3 Å². The first-order valence-corrected chi connectivity index (χ1v) is 38.6. The molecule has 0 aliphatic carbocycles. The number of hydrogen-bond donors (Lipinski definition) is 1. The van der Waals surface area contributed by atoms with Gasteiger partial charge in [-0.1, -0.05) is 219 Å². The van der Waals surface area contributed by atoms with Gasteiger partial charge in [-0.2, -0.15) is 0 Å². The number of aryl methyl sites for hydroxylation is 1. The van der Waals surface area contributed by atoms with Crippen LogP contribution in [-0.2, 0) is 6.42 Å². The molecule has 624 valence electrons. The van der Waals surface area contributed by atoms with Crippen molar-refractivity contribution < 1.29 is 128 Å². The van der Waals surface area contributed by atoms with Crippen LogP contribution >= 0.6 is 0 Å². The van der Waals surface area contributed by atoms with Crippen molar-refractivity contribution in [3.63, 3.8) is 0 Å². The van der Waals surface area contributed by atoms with Crippen LogP contribution in [-0.4, -0.2) is 19.7 Å². The van der Waals surface area contributed by atoms with Crippen LogP contribution in [0, 0.1) is 163 Å². The highest BCUT2D eigenvalue weighted by Crippen LogP contribution is 2.42. The highest BCUT2D eigenvalue weighted by Gasteiger charge is 2.52. The molecule has 0 bridgehead atoms. The van der Waals surface area contributed by atoms with Crippen LogP contribution in [0.25, 0.3) is 43.1 Å². The van der Waals surface area contributed by atoms with Crippen molar-refractivity contribution in [2.24, 2.45) is 0 Å². The molecule has 0 saturated heterocycles. The Kier molecular flexibility index (Phi) is 33.2. The molecule has 0 aliphatic rings. The number of nitrogens with one attached hydrogen (secondary N) is 1. The summed E-state index contributed by atoms with van der Waals surface area (Å²) in [6.07, 6.45) is 41.0. The largest absolute Gasteiger partial charge is 0.305 e. The number of rotatable bonds is 40. The second kappa shape index (κ2) is 41.3. The summed E-state index contributed by atoms with van der Waals surface area (Å²) < 4.78 is 446. The maximum atomic E-state index is 17.3. The van der Waals surface area contributed by atoms with Crippen molar-refractivity contribution in [1.29, 1.82) is 0 Å². The molecule has 1 nitrogen and oxygen atoms in total. The van der Waals surface area contributed by atoms with Crippen LogP contribution in [0.5, 0.6) is 0 Å². The highest BCUT2D eigenvalue weighted by atomic mass is 19.2. The molecule has 30 heteroatoms. The van der Waals surface area contributed by atoms with E-state index >= 15 is 105 Å². The topological polar surface area (TPSA) is 4.44 Å². The fourth-order valence-corrected chi connectivity index (χ4v) is 15.7. The number of quaternary nitrogens is 1. The molecule has 0 heterocycles.